The smallest absolute Gasteiger partial charge is 0.270 e. The molecule has 7 heteroatoms. The molecule has 1 unspecified atom stereocenters. The molecule has 2 heterocycles. The minimum atomic E-state index is -0.695. The summed E-state index contributed by atoms with van der Waals surface area (Å²) in [5.74, 6) is 0.979. The summed E-state index contributed by atoms with van der Waals surface area (Å²) in [6.45, 7) is 2.13. The van der Waals surface area contributed by atoms with E-state index in [9.17, 15) is 4.79 Å². The average molecular weight is 445 g/mol. The van der Waals surface area contributed by atoms with Crippen molar-refractivity contribution in [1.29, 1.82) is 0 Å². The van der Waals surface area contributed by atoms with E-state index in [2.05, 4.69) is 38.4 Å². The van der Waals surface area contributed by atoms with Crippen LogP contribution in [0.2, 0.25) is 0 Å². The molecule has 1 N–H and O–H groups in total. The van der Waals surface area contributed by atoms with Crippen LogP contribution >= 0.6 is 27.3 Å². The van der Waals surface area contributed by atoms with Gasteiger partial charge in [-0.05, 0) is 36.8 Å². The summed E-state index contributed by atoms with van der Waals surface area (Å²) in [6.07, 6.45) is 0.0855. The Hall–Kier alpha value is -2.38. The number of halogens is 1. The van der Waals surface area contributed by atoms with Crippen molar-refractivity contribution in [3.8, 4) is 11.5 Å². The van der Waals surface area contributed by atoms with Gasteiger partial charge in [-0.1, -0.05) is 40.2 Å². The Morgan fingerprint density at radius 3 is 2.74 bits per heavy atom. The van der Waals surface area contributed by atoms with Crippen molar-refractivity contribution in [3.63, 3.8) is 0 Å². The van der Waals surface area contributed by atoms with Gasteiger partial charge in [-0.3, -0.25) is 10.1 Å². The number of benzene rings is 2. The first-order valence-electron chi connectivity index (χ1n) is 8.48. The van der Waals surface area contributed by atoms with Crippen LogP contribution in [-0.2, 0) is 11.2 Å². The van der Waals surface area contributed by atoms with Crippen LogP contribution in [0.25, 0.3) is 0 Å². The van der Waals surface area contributed by atoms with Crippen molar-refractivity contribution in [2.45, 2.75) is 19.4 Å². The van der Waals surface area contributed by atoms with Crippen LogP contribution in [0.4, 0.5) is 5.13 Å². The lowest BCUT2D eigenvalue weighted by Gasteiger charge is -2.25. The number of hydrogen-bond acceptors (Lipinski definition) is 5. The Morgan fingerprint density at radius 1 is 1.22 bits per heavy atom. The van der Waals surface area contributed by atoms with Crippen LogP contribution in [0.5, 0.6) is 11.5 Å². The van der Waals surface area contributed by atoms with Gasteiger partial charge in [0.25, 0.3) is 5.91 Å². The van der Waals surface area contributed by atoms with Crippen molar-refractivity contribution in [2.24, 2.45) is 0 Å². The number of anilines is 1. The summed E-state index contributed by atoms with van der Waals surface area (Å²) in [6, 6.07) is 15.5. The molecule has 0 saturated heterocycles. The molecule has 3 aromatic rings. The van der Waals surface area contributed by atoms with Gasteiger partial charge in [0, 0.05) is 15.8 Å². The maximum absolute atomic E-state index is 12.5. The van der Waals surface area contributed by atoms with Crippen LogP contribution in [0.1, 0.15) is 16.1 Å². The number of hydrogen-bond donors (Lipinski definition) is 1. The number of aromatic nitrogens is 1. The fourth-order valence-corrected chi connectivity index (χ4v) is 4.03. The predicted octanol–water partition coefficient (Wildman–Crippen LogP) is 4.58. The van der Waals surface area contributed by atoms with E-state index in [-0.39, 0.29) is 12.5 Å². The lowest BCUT2D eigenvalue weighted by molar-refractivity contribution is -0.125. The standard InChI is InChI=1S/C20H17BrN2O3S/c1-12-18(10-13-6-8-14(21)9-7-13)27-20(22-12)23-19(24)17-11-25-15-4-2-3-5-16(15)26-17/h2-9,17H,10-11H2,1H3,(H,22,23,24). The van der Waals surface area contributed by atoms with Gasteiger partial charge in [0.15, 0.2) is 16.6 Å². The summed E-state index contributed by atoms with van der Waals surface area (Å²) in [5.41, 5.74) is 2.12. The van der Waals surface area contributed by atoms with E-state index >= 15 is 0 Å². The molecule has 4 rings (SSSR count). The van der Waals surface area contributed by atoms with E-state index < -0.39 is 6.10 Å². The highest BCUT2D eigenvalue weighted by atomic mass is 79.9. The van der Waals surface area contributed by atoms with Crippen molar-refractivity contribution >= 4 is 38.3 Å². The zero-order valence-corrected chi connectivity index (χ0v) is 17.0. The number of carbonyl (C=O) groups excluding carboxylic acids is 1. The number of fused-ring (bicyclic) bond motifs is 1. The van der Waals surface area contributed by atoms with Crippen molar-refractivity contribution in [1.82, 2.24) is 4.98 Å². The molecule has 0 radical (unpaired) electrons. The molecule has 27 heavy (non-hydrogen) atoms. The fraction of sp³-hybridized carbons (Fsp3) is 0.200. The zero-order chi connectivity index (χ0) is 18.8. The number of carbonyl (C=O) groups is 1. The van der Waals surface area contributed by atoms with Gasteiger partial charge in [0.05, 0.1) is 5.69 Å². The molecule has 1 aromatic heterocycles. The average Bonchev–Trinajstić information content (AvgIpc) is 3.02. The van der Waals surface area contributed by atoms with Gasteiger partial charge in [0.2, 0.25) is 6.10 Å². The molecule has 0 aliphatic carbocycles. The summed E-state index contributed by atoms with van der Waals surface area (Å²) in [4.78, 5) is 18.1. The highest BCUT2D eigenvalue weighted by molar-refractivity contribution is 9.10. The lowest BCUT2D eigenvalue weighted by Crippen LogP contribution is -2.40. The summed E-state index contributed by atoms with van der Waals surface area (Å²) in [5, 5.41) is 3.43. The molecule has 0 fully saturated rings. The maximum Gasteiger partial charge on any atom is 0.270 e. The van der Waals surface area contributed by atoms with Crippen LogP contribution in [0.15, 0.2) is 53.0 Å². The SMILES string of the molecule is Cc1nc(NC(=O)C2COc3ccccc3O2)sc1Cc1ccc(Br)cc1. The molecule has 1 atom stereocenters. The Morgan fingerprint density at radius 2 is 1.96 bits per heavy atom. The number of para-hydroxylation sites is 2. The van der Waals surface area contributed by atoms with E-state index in [4.69, 9.17) is 9.47 Å². The highest BCUT2D eigenvalue weighted by Gasteiger charge is 2.28. The monoisotopic (exact) mass is 444 g/mol. The molecule has 2 aromatic carbocycles. The van der Waals surface area contributed by atoms with Gasteiger partial charge >= 0.3 is 0 Å². The molecule has 1 aliphatic heterocycles. The second kappa shape index (κ2) is 7.70. The van der Waals surface area contributed by atoms with Crippen LogP contribution in [0.3, 0.4) is 0 Å². The molecule has 0 saturated carbocycles. The Bertz CT molecular complexity index is 972. The van der Waals surface area contributed by atoms with Crippen LogP contribution < -0.4 is 14.8 Å². The zero-order valence-electron chi connectivity index (χ0n) is 14.6. The first kappa shape index (κ1) is 18.0. The van der Waals surface area contributed by atoms with Gasteiger partial charge in [0.1, 0.15) is 6.61 Å². The van der Waals surface area contributed by atoms with Crippen molar-refractivity contribution in [2.75, 3.05) is 11.9 Å². The Balaban J connectivity index is 1.42. The van der Waals surface area contributed by atoms with Crippen molar-refractivity contribution in [3.05, 3.63) is 69.1 Å². The lowest BCUT2D eigenvalue weighted by atomic mass is 10.1. The van der Waals surface area contributed by atoms with E-state index in [1.807, 2.05) is 37.3 Å². The summed E-state index contributed by atoms with van der Waals surface area (Å²) >= 11 is 4.93. The molecule has 5 nitrogen and oxygen atoms in total. The molecule has 0 bridgehead atoms. The van der Waals surface area contributed by atoms with Gasteiger partial charge in [-0.15, -0.1) is 11.3 Å². The molecule has 1 amide bonds. The third-order valence-electron chi connectivity index (χ3n) is 4.20. The fourth-order valence-electron chi connectivity index (χ4n) is 2.77. The molecule has 1 aliphatic rings. The van der Waals surface area contributed by atoms with Crippen LogP contribution in [0, 0.1) is 6.92 Å². The first-order valence-corrected chi connectivity index (χ1v) is 10.1. The molecule has 138 valence electrons. The highest BCUT2D eigenvalue weighted by Crippen LogP contribution is 2.31. The molecular weight excluding hydrogens is 428 g/mol. The van der Waals surface area contributed by atoms with E-state index in [0.29, 0.717) is 16.6 Å². The number of aryl methyl sites for hydroxylation is 1. The number of thiazole rings is 1. The Kier molecular flexibility index (Phi) is 5.13. The number of nitrogens with one attached hydrogen (secondary N) is 1. The van der Waals surface area contributed by atoms with Gasteiger partial charge < -0.3 is 9.47 Å². The predicted molar refractivity (Wildman–Crippen MR) is 109 cm³/mol. The normalized spacial score (nSPS) is 15.4. The number of nitrogens with zero attached hydrogens (tertiary/aromatic N) is 1. The third-order valence-corrected chi connectivity index (χ3v) is 5.80. The second-order valence-corrected chi connectivity index (χ2v) is 8.18. The number of ether oxygens (including phenoxy) is 2. The number of rotatable bonds is 4. The summed E-state index contributed by atoms with van der Waals surface area (Å²) in [7, 11) is 0. The second-order valence-electron chi connectivity index (χ2n) is 6.18. The third kappa shape index (κ3) is 4.14. The van der Waals surface area contributed by atoms with Gasteiger partial charge in [-0.2, -0.15) is 0 Å². The van der Waals surface area contributed by atoms with Crippen LogP contribution in [-0.4, -0.2) is 23.6 Å². The minimum absolute atomic E-state index is 0.180. The van der Waals surface area contributed by atoms with E-state index in [1.54, 1.807) is 6.07 Å². The first-order chi connectivity index (χ1) is 13.1. The van der Waals surface area contributed by atoms with E-state index in [0.717, 1.165) is 21.5 Å². The quantitative estimate of drug-likeness (QED) is 0.639. The topological polar surface area (TPSA) is 60.5 Å². The maximum atomic E-state index is 12.5. The number of amides is 1. The summed E-state index contributed by atoms with van der Waals surface area (Å²) < 4.78 is 12.4. The largest absolute Gasteiger partial charge is 0.485 e. The van der Waals surface area contributed by atoms with Crippen molar-refractivity contribution < 1.29 is 14.3 Å². The minimum Gasteiger partial charge on any atom is -0.485 e. The Labute approximate surface area is 169 Å². The molecular formula is C20H17BrN2O3S. The van der Waals surface area contributed by atoms with Gasteiger partial charge in [-0.25, -0.2) is 4.98 Å². The van der Waals surface area contributed by atoms with E-state index in [1.165, 1.54) is 16.9 Å². The molecule has 0 spiro atoms.